The molecule has 0 aromatic carbocycles. The van der Waals surface area contributed by atoms with Crippen LogP contribution in [0.4, 0.5) is 0 Å². The van der Waals surface area contributed by atoms with Crippen molar-refractivity contribution >= 4 is 5.91 Å². The minimum atomic E-state index is -0.822. The predicted molar refractivity (Wildman–Crippen MR) is 91.9 cm³/mol. The van der Waals surface area contributed by atoms with Crippen LogP contribution >= 0.6 is 0 Å². The Morgan fingerprint density at radius 2 is 2.12 bits per heavy atom. The molecule has 0 radical (unpaired) electrons. The number of amides is 1. The van der Waals surface area contributed by atoms with Crippen molar-refractivity contribution < 1.29 is 14.3 Å². The Kier molecular flexibility index (Phi) is 4.67. The van der Waals surface area contributed by atoms with E-state index in [2.05, 4.69) is 20.2 Å². The first-order chi connectivity index (χ1) is 12.6. The Balaban J connectivity index is 1.38. The van der Waals surface area contributed by atoms with Crippen molar-refractivity contribution in [3.63, 3.8) is 0 Å². The van der Waals surface area contributed by atoms with Crippen LogP contribution in [0.3, 0.4) is 0 Å². The van der Waals surface area contributed by atoms with Gasteiger partial charge < -0.3 is 14.4 Å². The molecule has 2 aliphatic rings. The van der Waals surface area contributed by atoms with Crippen LogP contribution in [0.25, 0.3) is 11.6 Å². The van der Waals surface area contributed by atoms with Gasteiger partial charge in [-0.3, -0.25) is 9.78 Å². The second-order valence-corrected chi connectivity index (χ2v) is 7.32. The molecule has 1 saturated heterocycles. The van der Waals surface area contributed by atoms with E-state index in [1.165, 1.54) is 0 Å². The molecule has 1 aliphatic heterocycles. The Hall–Kier alpha value is -2.35. The Bertz CT molecular complexity index is 757. The average Bonchev–Trinajstić information content (AvgIpc) is 3.32. The van der Waals surface area contributed by atoms with Gasteiger partial charge in [0.05, 0.1) is 24.1 Å². The van der Waals surface area contributed by atoms with E-state index in [4.69, 9.17) is 4.42 Å². The quantitative estimate of drug-likeness (QED) is 0.891. The molecule has 0 spiro atoms. The van der Waals surface area contributed by atoms with Gasteiger partial charge in [0.2, 0.25) is 11.8 Å². The van der Waals surface area contributed by atoms with Crippen LogP contribution in [-0.4, -0.2) is 54.8 Å². The number of likely N-dealkylation sites (tertiary alicyclic amines) is 1. The molecule has 1 amide bonds. The van der Waals surface area contributed by atoms with Gasteiger partial charge in [0.15, 0.2) is 0 Å². The van der Waals surface area contributed by atoms with Crippen molar-refractivity contribution in [2.75, 3.05) is 13.1 Å². The lowest BCUT2D eigenvalue weighted by atomic mass is 9.82. The van der Waals surface area contributed by atoms with Gasteiger partial charge in [-0.1, -0.05) is 19.3 Å². The highest BCUT2D eigenvalue weighted by Crippen LogP contribution is 2.33. The zero-order chi connectivity index (χ0) is 18.0. The molecule has 1 N–H and O–H groups in total. The van der Waals surface area contributed by atoms with Gasteiger partial charge in [-0.05, 0) is 19.3 Å². The molecule has 8 heteroatoms. The monoisotopic (exact) mass is 357 g/mol. The summed E-state index contributed by atoms with van der Waals surface area (Å²) in [5, 5.41) is 18.8. The number of hydrogen-bond acceptors (Lipinski definition) is 7. The highest BCUT2D eigenvalue weighted by Gasteiger charge is 2.36. The van der Waals surface area contributed by atoms with Crippen molar-refractivity contribution in [1.82, 2.24) is 25.1 Å². The van der Waals surface area contributed by atoms with E-state index in [1.54, 1.807) is 18.6 Å². The summed E-state index contributed by atoms with van der Waals surface area (Å²) in [6.07, 6.45) is 10.3. The average molecular weight is 357 g/mol. The number of carbonyl (C=O) groups is 1. The molecule has 0 unspecified atom stereocenters. The van der Waals surface area contributed by atoms with Gasteiger partial charge >= 0.3 is 0 Å². The van der Waals surface area contributed by atoms with E-state index >= 15 is 0 Å². The summed E-state index contributed by atoms with van der Waals surface area (Å²) in [4.78, 5) is 22.6. The zero-order valence-electron chi connectivity index (χ0n) is 14.7. The van der Waals surface area contributed by atoms with Crippen LogP contribution in [0.15, 0.2) is 23.0 Å². The van der Waals surface area contributed by atoms with Crippen LogP contribution in [0.5, 0.6) is 0 Å². The fraction of sp³-hybridized carbons (Fsp3) is 0.611. The first kappa shape index (κ1) is 17.1. The number of hydrogen-bond donors (Lipinski definition) is 1. The number of carbonyl (C=O) groups excluding carboxylic acids is 1. The summed E-state index contributed by atoms with van der Waals surface area (Å²) in [5.41, 5.74) is -0.284. The van der Waals surface area contributed by atoms with Gasteiger partial charge in [-0.25, -0.2) is 4.98 Å². The summed E-state index contributed by atoms with van der Waals surface area (Å²) in [7, 11) is 0. The lowest BCUT2D eigenvalue weighted by molar-refractivity contribution is -0.136. The third-order valence-corrected chi connectivity index (χ3v) is 5.38. The standard InChI is InChI=1S/C18H23N5O3/c24-15(10-18(25)5-2-1-3-6-18)23-9-4-13(12-23)16-21-22-17(26-16)14-11-19-7-8-20-14/h7-8,11,13,25H,1-6,9-10,12H2/t13-/m0/s1. The SMILES string of the molecule is O=C(CC1(O)CCCCC1)N1CC[C@H](c2nnc(-c3cnccn3)o2)C1. The van der Waals surface area contributed by atoms with E-state index in [1.807, 2.05) is 4.90 Å². The first-order valence-corrected chi connectivity index (χ1v) is 9.23. The summed E-state index contributed by atoms with van der Waals surface area (Å²) >= 11 is 0. The molecule has 8 nitrogen and oxygen atoms in total. The molecule has 4 rings (SSSR count). The van der Waals surface area contributed by atoms with E-state index in [0.717, 1.165) is 38.5 Å². The number of nitrogens with zero attached hydrogens (tertiary/aromatic N) is 5. The molecule has 1 aliphatic carbocycles. The van der Waals surface area contributed by atoms with Crippen molar-refractivity contribution in [2.45, 2.75) is 56.5 Å². The van der Waals surface area contributed by atoms with E-state index in [0.29, 0.717) is 30.6 Å². The normalized spacial score (nSPS) is 22.5. The van der Waals surface area contributed by atoms with Gasteiger partial charge in [0, 0.05) is 25.5 Å². The van der Waals surface area contributed by atoms with E-state index in [-0.39, 0.29) is 18.2 Å². The zero-order valence-corrected chi connectivity index (χ0v) is 14.7. The maximum Gasteiger partial charge on any atom is 0.267 e. The highest BCUT2D eigenvalue weighted by atomic mass is 16.4. The molecule has 1 saturated carbocycles. The van der Waals surface area contributed by atoms with Crippen molar-refractivity contribution in [2.24, 2.45) is 0 Å². The third kappa shape index (κ3) is 3.60. The number of aromatic nitrogens is 4. The van der Waals surface area contributed by atoms with E-state index in [9.17, 15) is 9.90 Å². The fourth-order valence-corrected chi connectivity index (χ4v) is 3.88. The Morgan fingerprint density at radius 1 is 1.27 bits per heavy atom. The second kappa shape index (κ2) is 7.11. The molecule has 3 heterocycles. The fourth-order valence-electron chi connectivity index (χ4n) is 3.88. The smallest absolute Gasteiger partial charge is 0.267 e. The van der Waals surface area contributed by atoms with E-state index < -0.39 is 5.60 Å². The minimum Gasteiger partial charge on any atom is -0.419 e. The van der Waals surface area contributed by atoms with Crippen molar-refractivity contribution in [1.29, 1.82) is 0 Å². The largest absolute Gasteiger partial charge is 0.419 e. The molecule has 2 aromatic heterocycles. The van der Waals surface area contributed by atoms with Crippen LogP contribution in [0.1, 0.15) is 56.8 Å². The van der Waals surface area contributed by atoms with Gasteiger partial charge in [-0.15, -0.1) is 10.2 Å². The maximum absolute atomic E-state index is 12.6. The molecule has 2 fully saturated rings. The molecule has 26 heavy (non-hydrogen) atoms. The molecule has 1 atom stereocenters. The summed E-state index contributed by atoms with van der Waals surface area (Å²) in [6.45, 7) is 1.21. The van der Waals surface area contributed by atoms with Crippen LogP contribution in [0.2, 0.25) is 0 Å². The molecule has 138 valence electrons. The van der Waals surface area contributed by atoms with Crippen molar-refractivity contribution in [3.8, 4) is 11.6 Å². The van der Waals surface area contributed by atoms with Crippen LogP contribution in [-0.2, 0) is 4.79 Å². The molecular formula is C18H23N5O3. The summed E-state index contributed by atoms with van der Waals surface area (Å²) in [5.74, 6) is 0.912. The number of rotatable bonds is 4. The maximum atomic E-state index is 12.6. The first-order valence-electron chi connectivity index (χ1n) is 9.23. The molecule has 2 aromatic rings. The summed E-state index contributed by atoms with van der Waals surface area (Å²) < 4.78 is 5.74. The molecule has 0 bridgehead atoms. The second-order valence-electron chi connectivity index (χ2n) is 7.32. The molecular weight excluding hydrogens is 334 g/mol. The van der Waals surface area contributed by atoms with Crippen LogP contribution in [0, 0.1) is 0 Å². The Morgan fingerprint density at radius 3 is 2.88 bits per heavy atom. The lowest BCUT2D eigenvalue weighted by Crippen LogP contribution is -2.39. The minimum absolute atomic E-state index is 0.0190. The topological polar surface area (TPSA) is 105 Å². The third-order valence-electron chi connectivity index (χ3n) is 5.38. The summed E-state index contributed by atoms with van der Waals surface area (Å²) in [6, 6.07) is 0. The number of aliphatic hydroxyl groups is 1. The van der Waals surface area contributed by atoms with Gasteiger partial charge in [0.25, 0.3) is 5.89 Å². The van der Waals surface area contributed by atoms with Gasteiger partial charge in [-0.2, -0.15) is 0 Å². The lowest BCUT2D eigenvalue weighted by Gasteiger charge is -2.32. The predicted octanol–water partition coefficient (Wildman–Crippen LogP) is 1.93. The van der Waals surface area contributed by atoms with Gasteiger partial charge in [0.1, 0.15) is 5.69 Å². The van der Waals surface area contributed by atoms with Crippen molar-refractivity contribution in [3.05, 3.63) is 24.5 Å². The Labute approximate surface area is 151 Å². The highest BCUT2D eigenvalue weighted by molar-refractivity contribution is 5.77. The van der Waals surface area contributed by atoms with Crippen LogP contribution < -0.4 is 0 Å².